The lowest BCUT2D eigenvalue weighted by Crippen LogP contribution is -2.39. The molecule has 1 unspecified atom stereocenters. The SMILES string of the molecule is CCN(CC(=O)c1cccc([N+](=O)[O-])c1)C(C)COC. The maximum atomic E-state index is 12.2. The summed E-state index contributed by atoms with van der Waals surface area (Å²) in [6.45, 7) is 5.42. The van der Waals surface area contributed by atoms with E-state index < -0.39 is 4.92 Å². The minimum Gasteiger partial charge on any atom is -0.383 e. The predicted octanol–water partition coefficient (Wildman–Crippen LogP) is 2.13. The largest absolute Gasteiger partial charge is 0.383 e. The average molecular weight is 280 g/mol. The van der Waals surface area contributed by atoms with E-state index in [0.29, 0.717) is 18.7 Å². The van der Waals surface area contributed by atoms with Crippen LogP contribution < -0.4 is 0 Å². The van der Waals surface area contributed by atoms with E-state index >= 15 is 0 Å². The van der Waals surface area contributed by atoms with Crippen LogP contribution >= 0.6 is 0 Å². The molecule has 0 bridgehead atoms. The molecule has 0 spiro atoms. The first-order chi connectivity index (χ1) is 9.49. The Labute approximate surface area is 118 Å². The molecule has 0 fully saturated rings. The topological polar surface area (TPSA) is 72.7 Å². The fourth-order valence-electron chi connectivity index (χ4n) is 1.99. The van der Waals surface area contributed by atoms with E-state index in [0.717, 1.165) is 0 Å². The average Bonchev–Trinajstić information content (AvgIpc) is 2.44. The maximum Gasteiger partial charge on any atom is 0.270 e. The summed E-state index contributed by atoms with van der Waals surface area (Å²) in [5.41, 5.74) is 0.297. The van der Waals surface area contributed by atoms with Crippen LogP contribution in [0.3, 0.4) is 0 Å². The lowest BCUT2D eigenvalue weighted by Gasteiger charge is -2.26. The summed E-state index contributed by atoms with van der Waals surface area (Å²) in [4.78, 5) is 24.4. The number of benzene rings is 1. The van der Waals surface area contributed by atoms with Crippen LogP contribution in [0.4, 0.5) is 5.69 Å². The number of ketones is 1. The lowest BCUT2D eigenvalue weighted by atomic mass is 10.1. The van der Waals surface area contributed by atoms with E-state index in [1.165, 1.54) is 18.2 Å². The summed E-state index contributed by atoms with van der Waals surface area (Å²) in [6, 6.07) is 5.94. The molecular weight excluding hydrogens is 260 g/mol. The summed E-state index contributed by atoms with van der Waals surface area (Å²) < 4.78 is 5.08. The second-order valence-corrected chi connectivity index (χ2v) is 4.60. The fourth-order valence-corrected chi connectivity index (χ4v) is 1.99. The van der Waals surface area contributed by atoms with Crippen LogP contribution in [0, 0.1) is 10.1 Å². The molecule has 0 N–H and O–H groups in total. The Hall–Kier alpha value is -1.79. The standard InChI is InChI=1S/C14H20N2O4/c1-4-15(11(2)10-20-3)9-14(17)12-6-5-7-13(8-12)16(18)19/h5-8,11H,4,9-10H2,1-3H3. The van der Waals surface area contributed by atoms with Crippen molar-refractivity contribution >= 4 is 11.5 Å². The molecule has 0 amide bonds. The van der Waals surface area contributed by atoms with E-state index in [4.69, 9.17) is 4.74 Å². The summed E-state index contributed by atoms with van der Waals surface area (Å²) >= 11 is 0. The van der Waals surface area contributed by atoms with E-state index in [2.05, 4.69) is 0 Å². The van der Waals surface area contributed by atoms with Gasteiger partial charge < -0.3 is 4.74 Å². The highest BCUT2D eigenvalue weighted by atomic mass is 16.6. The highest BCUT2D eigenvalue weighted by Gasteiger charge is 2.18. The van der Waals surface area contributed by atoms with Crippen LogP contribution in [0.1, 0.15) is 24.2 Å². The maximum absolute atomic E-state index is 12.2. The number of ether oxygens (including phenoxy) is 1. The smallest absolute Gasteiger partial charge is 0.270 e. The third-order valence-electron chi connectivity index (χ3n) is 3.16. The zero-order valence-corrected chi connectivity index (χ0v) is 12.0. The predicted molar refractivity (Wildman–Crippen MR) is 76.0 cm³/mol. The molecule has 0 aromatic heterocycles. The normalized spacial score (nSPS) is 12.4. The Kier molecular flexibility index (Phi) is 6.27. The van der Waals surface area contributed by atoms with Crippen LogP contribution in [0.5, 0.6) is 0 Å². The summed E-state index contributed by atoms with van der Waals surface area (Å²) in [6.07, 6.45) is 0. The van der Waals surface area contributed by atoms with Crippen molar-refractivity contribution in [3.8, 4) is 0 Å². The van der Waals surface area contributed by atoms with Crippen molar-refractivity contribution in [3.05, 3.63) is 39.9 Å². The molecule has 20 heavy (non-hydrogen) atoms. The van der Waals surface area contributed by atoms with Crippen LogP contribution in [0.25, 0.3) is 0 Å². The van der Waals surface area contributed by atoms with Gasteiger partial charge in [-0.1, -0.05) is 19.1 Å². The summed E-state index contributed by atoms with van der Waals surface area (Å²) in [7, 11) is 1.62. The first-order valence-electron chi connectivity index (χ1n) is 6.50. The molecule has 0 aliphatic carbocycles. The number of methoxy groups -OCH3 is 1. The van der Waals surface area contributed by atoms with E-state index in [9.17, 15) is 14.9 Å². The zero-order chi connectivity index (χ0) is 15.1. The molecule has 0 saturated heterocycles. The molecule has 0 saturated carbocycles. The molecule has 0 aliphatic rings. The van der Waals surface area contributed by atoms with Crippen molar-refractivity contribution in [1.29, 1.82) is 0 Å². The number of nitrogens with zero attached hydrogens (tertiary/aromatic N) is 2. The second kappa shape index (κ2) is 7.72. The Balaban J connectivity index is 2.79. The molecule has 0 aliphatic heterocycles. The number of hydrogen-bond acceptors (Lipinski definition) is 5. The van der Waals surface area contributed by atoms with Gasteiger partial charge in [-0.25, -0.2) is 0 Å². The van der Waals surface area contributed by atoms with Gasteiger partial charge in [0.1, 0.15) is 0 Å². The number of nitro groups is 1. The second-order valence-electron chi connectivity index (χ2n) is 4.60. The fraction of sp³-hybridized carbons (Fsp3) is 0.500. The van der Waals surface area contributed by atoms with Gasteiger partial charge in [0.2, 0.25) is 0 Å². The molecule has 0 radical (unpaired) electrons. The Morgan fingerprint density at radius 1 is 1.50 bits per heavy atom. The monoisotopic (exact) mass is 280 g/mol. The van der Waals surface area contributed by atoms with Gasteiger partial charge in [0.15, 0.2) is 5.78 Å². The highest BCUT2D eigenvalue weighted by Crippen LogP contribution is 2.14. The van der Waals surface area contributed by atoms with E-state index in [1.807, 2.05) is 18.7 Å². The lowest BCUT2D eigenvalue weighted by molar-refractivity contribution is -0.384. The number of rotatable bonds is 8. The van der Waals surface area contributed by atoms with Gasteiger partial charge >= 0.3 is 0 Å². The first-order valence-corrected chi connectivity index (χ1v) is 6.50. The number of carbonyl (C=O) groups is 1. The number of Topliss-reactive ketones (excluding diaryl/α,β-unsaturated/α-hetero) is 1. The third-order valence-corrected chi connectivity index (χ3v) is 3.16. The van der Waals surface area contributed by atoms with Gasteiger partial charge in [0.25, 0.3) is 5.69 Å². The van der Waals surface area contributed by atoms with Crippen molar-refractivity contribution in [2.24, 2.45) is 0 Å². The number of nitro benzene ring substituents is 1. The number of non-ortho nitro benzene ring substituents is 1. The molecule has 1 aromatic carbocycles. The molecule has 0 heterocycles. The van der Waals surface area contributed by atoms with Crippen LogP contribution in [0.15, 0.2) is 24.3 Å². The van der Waals surface area contributed by atoms with Gasteiger partial charge in [0, 0.05) is 30.8 Å². The van der Waals surface area contributed by atoms with Crippen molar-refractivity contribution in [3.63, 3.8) is 0 Å². The minimum absolute atomic E-state index is 0.0659. The summed E-state index contributed by atoms with van der Waals surface area (Å²) in [5, 5.41) is 10.7. The molecular formula is C14H20N2O4. The zero-order valence-electron chi connectivity index (χ0n) is 12.0. The Morgan fingerprint density at radius 3 is 2.75 bits per heavy atom. The van der Waals surface area contributed by atoms with Crippen molar-refractivity contribution < 1.29 is 14.5 Å². The molecule has 1 atom stereocenters. The van der Waals surface area contributed by atoms with Crippen molar-refractivity contribution in [2.75, 3.05) is 26.8 Å². The number of carbonyl (C=O) groups excluding carboxylic acids is 1. The highest BCUT2D eigenvalue weighted by molar-refractivity contribution is 5.98. The van der Waals surface area contributed by atoms with Crippen LogP contribution in [-0.2, 0) is 4.74 Å². The number of hydrogen-bond donors (Lipinski definition) is 0. The van der Waals surface area contributed by atoms with Gasteiger partial charge in [0.05, 0.1) is 18.1 Å². The third kappa shape index (κ3) is 4.40. The quantitative estimate of drug-likeness (QED) is 0.414. The van der Waals surface area contributed by atoms with Gasteiger partial charge in [-0.3, -0.25) is 19.8 Å². The van der Waals surface area contributed by atoms with E-state index in [1.54, 1.807) is 13.2 Å². The number of likely N-dealkylation sites (N-methyl/N-ethyl adjacent to an activating group) is 1. The Morgan fingerprint density at radius 2 is 2.20 bits per heavy atom. The molecule has 1 aromatic rings. The minimum atomic E-state index is -0.498. The molecule has 110 valence electrons. The van der Waals surface area contributed by atoms with Crippen molar-refractivity contribution in [2.45, 2.75) is 19.9 Å². The van der Waals surface area contributed by atoms with Gasteiger partial charge in [-0.05, 0) is 13.5 Å². The molecule has 6 nitrogen and oxygen atoms in total. The first kappa shape index (κ1) is 16.3. The van der Waals surface area contributed by atoms with Crippen LogP contribution in [-0.4, -0.2) is 48.5 Å². The van der Waals surface area contributed by atoms with Gasteiger partial charge in [-0.2, -0.15) is 0 Å². The summed E-state index contributed by atoms with van der Waals surface area (Å²) in [5.74, 6) is -0.126. The van der Waals surface area contributed by atoms with Crippen LogP contribution in [0.2, 0.25) is 0 Å². The molecule has 1 rings (SSSR count). The van der Waals surface area contributed by atoms with E-state index in [-0.39, 0.29) is 24.1 Å². The Bertz CT molecular complexity index is 476. The van der Waals surface area contributed by atoms with Gasteiger partial charge in [-0.15, -0.1) is 0 Å². The van der Waals surface area contributed by atoms with Crippen molar-refractivity contribution in [1.82, 2.24) is 4.90 Å². The molecule has 6 heteroatoms.